The first-order valence-corrected chi connectivity index (χ1v) is 6.23. The number of aliphatic hydroxyl groups is 1. The van der Waals surface area contributed by atoms with Crippen molar-refractivity contribution in [1.29, 1.82) is 0 Å². The summed E-state index contributed by atoms with van der Waals surface area (Å²) in [7, 11) is 1.61. The van der Waals surface area contributed by atoms with Gasteiger partial charge in [-0.15, -0.1) is 0 Å². The lowest BCUT2D eigenvalue weighted by Gasteiger charge is -2.08. The molecule has 0 aliphatic carbocycles. The molecular formula is C16H14O4. The molecule has 0 saturated heterocycles. The fourth-order valence-corrected chi connectivity index (χ4v) is 2.10. The minimum atomic E-state index is -0.118. The van der Waals surface area contributed by atoms with E-state index in [0.717, 1.165) is 16.9 Å². The fourth-order valence-electron chi connectivity index (χ4n) is 2.10. The van der Waals surface area contributed by atoms with Crippen LogP contribution in [0.5, 0.6) is 5.75 Å². The van der Waals surface area contributed by atoms with Gasteiger partial charge in [0.25, 0.3) is 0 Å². The summed E-state index contributed by atoms with van der Waals surface area (Å²) in [5, 5.41) is 9.06. The van der Waals surface area contributed by atoms with Gasteiger partial charge in [-0.05, 0) is 36.4 Å². The van der Waals surface area contributed by atoms with E-state index < -0.39 is 0 Å². The lowest BCUT2D eigenvalue weighted by atomic mass is 10.1. The first kappa shape index (κ1) is 12.6. The van der Waals surface area contributed by atoms with Gasteiger partial charge in [0.1, 0.15) is 29.6 Å². The number of benzene rings is 1. The van der Waals surface area contributed by atoms with Gasteiger partial charge in [0.2, 0.25) is 0 Å². The van der Waals surface area contributed by atoms with Gasteiger partial charge in [-0.1, -0.05) is 6.07 Å². The number of rotatable bonds is 4. The number of ether oxygens (including phenoxy) is 1. The van der Waals surface area contributed by atoms with Crippen LogP contribution < -0.4 is 4.74 Å². The van der Waals surface area contributed by atoms with E-state index in [1.807, 2.05) is 36.4 Å². The highest BCUT2D eigenvalue weighted by atomic mass is 16.5. The van der Waals surface area contributed by atoms with E-state index in [1.165, 1.54) is 0 Å². The van der Waals surface area contributed by atoms with Crippen LogP contribution in [0.15, 0.2) is 57.6 Å². The molecule has 2 aromatic heterocycles. The summed E-state index contributed by atoms with van der Waals surface area (Å²) in [5.74, 6) is 2.66. The smallest absolute Gasteiger partial charge is 0.138 e. The SMILES string of the molecule is COc1cc(-c2ccco2)ccc1-c1ccc(CO)o1. The van der Waals surface area contributed by atoms with Crippen molar-refractivity contribution in [2.45, 2.75) is 6.61 Å². The molecule has 4 heteroatoms. The zero-order chi connectivity index (χ0) is 13.9. The maximum atomic E-state index is 9.06. The number of methoxy groups -OCH3 is 1. The predicted molar refractivity (Wildman–Crippen MR) is 74.3 cm³/mol. The molecule has 2 heterocycles. The Morgan fingerprint density at radius 3 is 2.65 bits per heavy atom. The van der Waals surface area contributed by atoms with Gasteiger partial charge in [0.15, 0.2) is 0 Å². The lowest BCUT2D eigenvalue weighted by molar-refractivity contribution is 0.248. The Morgan fingerprint density at radius 1 is 1.10 bits per heavy atom. The van der Waals surface area contributed by atoms with Gasteiger partial charge in [0.05, 0.1) is 18.9 Å². The van der Waals surface area contributed by atoms with Crippen LogP contribution >= 0.6 is 0 Å². The first-order chi connectivity index (χ1) is 9.81. The Labute approximate surface area is 116 Å². The van der Waals surface area contributed by atoms with Gasteiger partial charge < -0.3 is 18.7 Å². The topological polar surface area (TPSA) is 55.7 Å². The van der Waals surface area contributed by atoms with Gasteiger partial charge in [-0.25, -0.2) is 0 Å². The van der Waals surface area contributed by atoms with Crippen molar-refractivity contribution in [3.05, 3.63) is 54.5 Å². The minimum Gasteiger partial charge on any atom is -0.496 e. The van der Waals surface area contributed by atoms with Crippen molar-refractivity contribution >= 4 is 0 Å². The van der Waals surface area contributed by atoms with Crippen LogP contribution in [0.4, 0.5) is 0 Å². The van der Waals surface area contributed by atoms with Crippen molar-refractivity contribution in [2.75, 3.05) is 7.11 Å². The molecule has 4 nitrogen and oxygen atoms in total. The Kier molecular flexibility index (Phi) is 3.31. The van der Waals surface area contributed by atoms with E-state index in [0.29, 0.717) is 17.3 Å². The van der Waals surface area contributed by atoms with E-state index in [-0.39, 0.29) is 6.61 Å². The monoisotopic (exact) mass is 270 g/mol. The Morgan fingerprint density at radius 2 is 2.00 bits per heavy atom. The summed E-state index contributed by atoms with van der Waals surface area (Å²) in [6.45, 7) is -0.118. The summed E-state index contributed by atoms with van der Waals surface area (Å²) < 4.78 is 16.3. The summed E-state index contributed by atoms with van der Waals surface area (Å²) in [4.78, 5) is 0. The van der Waals surface area contributed by atoms with Crippen LogP contribution in [0.1, 0.15) is 5.76 Å². The minimum absolute atomic E-state index is 0.118. The van der Waals surface area contributed by atoms with Crippen LogP contribution in [0.3, 0.4) is 0 Å². The summed E-state index contributed by atoms with van der Waals surface area (Å²) >= 11 is 0. The molecule has 0 bridgehead atoms. The number of hydrogen-bond acceptors (Lipinski definition) is 4. The third-order valence-corrected chi connectivity index (χ3v) is 3.09. The molecule has 0 spiro atoms. The van der Waals surface area contributed by atoms with Crippen molar-refractivity contribution in [3.8, 4) is 28.4 Å². The molecule has 1 N–H and O–H groups in total. The lowest BCUT2D eigenvalue weighted by Crippen LogP contribution is -1.88. The molecule has 0 amide bonds. The maximum Gasteiger partial charge on any atom is 0.138 e. The van der Waals surface area contributed by atoms with Crippen molar-refractivity contribution in [3.63, 3.8) is 0 Å². The van der Waals surface area contributed by atoms with Gasteiger partial charge in [-0.3, -0.25) is 0 Å². The Hall–Kier alpha value is -2.46. The molecule has 20 heavy (non-hydrogen) atoms. The zero-order valence-corrected chi connectivity index (χ0v) is 11.0. The van der Waals surface area contributed by atoms with Crippen LogP contribution in [0.25, 0.3) is 22.6 Å². The standard InChI is InChI=1S/C16H14O4/c1-18-16-9-11(14-3-2-8-19-14)4-6-13(16)15-7-5-12(10-17)20-15/h2-9,17H,10H2,1H3. The second-order valence-corrected chi connectivity index (χ2v) is 4.32. The molecule has 3 rings (SSSR count). The van der Waals surface area contributed by atoms with Gasteiger partial charge in [-0.2, -0.15) is 0 Å². The Balaban J connectivity index is 2.04. The summed E-state index contributed by atoms with van der Waals surface area (Å²) in [6, 6.07) is 13.1. The molecule has 0 saturated carbocycles. The average Bonchev–Trinajstić information content (AvgIpc) is 3.17. The van der Waals surface area contributed by atoms with Crippen molar-refractivity contribution in [2.24, 2.45) is 0 Å². The molecule has 3 aromatic rings. The number of aliphatic hydroxyl groups excluding tert-OH is 1. The van der Waals surface area contributed by atoms with Gasteiger partial charge >= 0.3 is 0 Å². The normalized spacial score (nSPS) is 10.7. The van der Waals surface area contributed by atoms with E-state index in [1.54, 1.807) is 19.4 Å². The number of furan rings is 2. The molecule has 0 atom stereocenters. The van der Waals surface area contributed by atoms with Crippen molar-refractivity contribution < 1.29 is 18.7 Å². The third kappa shape index (κ3) is 2.21. The fraction of sp³-hybridized carbons (Fsp3) is 0.125. The maximum absolute atomic E-state index is 9.06. The predicted octanol–water partition coefficient (Wildman–Crippen LogP) is 3.71. The quantitative estimate of drug-likeness (QED) is 0.785. The van der Waals surface area contributed by atoms with Crippen LogP contribution in [-0.2, 0) is 6.61 Å². The highest BCUT2D eigenvalue weighted by Gasteiger charge is 2.12. The summed E-state index contributed by atoms with van der Waals surface area (Å²) in [5.41, 5.74) is 1.77. The zero-order valence-electron chi connectivity index (χ0n) is 11.0. The first-order valence-electron chi connectivity index (χ1n) is 6.23. The van der Waals surface area contributed by atoms with Crippen LogP contribution in [0.2, 0.25) is 0 Å². The Bertz CT molecular complexity index is 695. The third-order valence-electron chi connectivity index (χ3n) is 3.09. The second kappa shape index (κ2) is 5.27. The van der Waals surface area contributed by atoms with Crippen LogP contribution in [-0.4, -0.2) is 12.2 Å². The number of hydrogen-bond donors (Lipinski definition) is 1. The average molecular weight is 270 g/mol. The molecule has 0 aliphatic heterocycles. The molecule has 0 radical (unpaired) electrons. The van der Waals surface area contributed by atoms with E-state index in [9.17, 15) is 0 Å². The largest absolute Gasteiger partial charge is 0.496 e. The van der Waals surface area contributed by atoms with E-state index in [4.69, 9.17) is 18.7 Å². The molecule has 1 aromatic carbocycles. The van der Waals surface area contributed by atoms with E-state index >= 15 is 0 Å². The van der Waals surface area contributed by atoms with Crippen LogP contribution in [0, 0.1) is 0 Å². The van der Waals surface area contributed by atoms with Gasteiger partial charge in [0, 0.05) is 5.56 Å². The van der Waals surface area contributed by atoms with E-state index in [2.05, 4.69) is 0 Å². The highest BCUT2D eigenvalue weighted by Crippen LogP contribution is 2.35. The molecule has 0 unspecified atom stereocenters. The molecular weight excluding hydrogens is 256 g/mol. The highest BCUT2D eigenvalue weighted by molar-refractivity contribution is 5.72. The second-order valence-electron chi connectivity index (χ2n) is 4.32. The molecule has 0 fully saturated rings. The summed E-state index contributed by atoms with van der Waals surface area (Å²) in [6.07, 6.45) is 1.63. The molecule has 0 aliphatic rings. The van der Waals surface area contributed by atoms with Crippen molar-refractivity contribution in [1.82, 2.24) is 0 Å². The molecule has 102 valence electrons.